The smallest absolute Gasteiger partial charge is 0.313 e. The molecule has 0 bridgehead atoms. The van der Waals surface area contributed by atoms with Gasteiger partial charge in [0.15, 0.2) is 0 Å². The van der Waals surface area contributed by atoms with Gasteiger partial charge < -0.3 is 14.6 Å². The van der Waals surface area contributed by atoms with Crippen molar-refractivity contribution in [3.05, 3.63) is 58.7 Å². The van der Waals surface area contributed by atoms with E-state index in [1.54, 1.807) is 25.3 Å². The molecule has 1 atom stereocenters. The number of esters is 1. The van der Waals surface area contributed by atoms with E-state index in [0.717, 1.165) is 33.6 Å². The van der Waals surface area contributed by atoms with Crippen LogP contribution in [0, 0.1) is 5.82 Å². The largest absolute Gasteiger partial charge is 0.469 e. The van der Waals surface area contributed by atoms with Crippen molar-refractivity contribution < 1.29 is 28.6 Å². The number of methoxy groups -OCH3 is 2. The summed E-state index contributed by atoms with van der Waals surface area (Å²) in [5.41, 5.74) is 5.05. The zero-order valence-corrected chi connectivity index (χ0v) is 20.7. The molecule has 0 amide bonds. The minimum Gasteiger partial charge on any atom is -0.469 e. The SMILES string of the molecule is COCc1c(C(C)C)nc(C(C)C)c(/C=C/C(O)CC(=O)CC(=O)OC)c1-c1ccc(F)cc1. The van der Waals surface area contributed by atoms with Gasteiger partial charge >= 0.3 is 5.97 Å². The summed E-state index contributed by atoms with van der Waals surface area (Å²) in [6.45, 7) is 8.50. The molecule has 184 valence electrons. The Labute approximate surface area is 200 Å². The fourth-order valence-electron chi connectivity index (χ4n) is 3.81. The highest BCUT2D eigenvalue weighted by atomic mass is 19.1. The van der Waals surface area contributed by atoms with E-state index >= 15 is 0 Å². The molecular weight excluding hydrogens is 437 g/mol. The van der Waals surface area contributed by atoms with Gasteiger partial charge in [0.05, 0.1) is 25.5 Å². The Kier molecular flexibility index (Phi) is 10.1. The highest BCUT2D eigenvalue weighted by Gasteiger charge is 2.23. The Hall–Kier alpha value is -2.90. The minimum absolute atomic E-state index is 0.0612. The highest BCUT2D eigenvalue weighted by Crippen LogP contribution is 2.37. The monoisotopic (exact) mass is 471 g/mol. The first-order valence-corrected chi connectivity index (χ1v) is 11.3. The Morgan fingerprint density at radius 1 is 1.06 bits per heavy atom. The van der Waals surface area contributed by atoms with Crippen molar-refractivity contribution >= 4 is 17.8 Å². The molecule has 1 heterocycles. The second kappa shape index (κ2) is 12.5. The number of nitrogens with zero attached hydrogens (tertiary/aromatic N) is 1. The molecule has 1 N–H and O–H groups in total. The van der Waals surface area contributed by atoms with Crippen LogP contribution in [0.4, 0.5) is 4.39 Å². The molecule has 0 aliphatic rings. The van der Waals surface area contributed by atoms with Crippen LogP contribution in [-0.2, 0) is 25.7 Å². The number of ketones is 1. The van der Waals surface area contributed by atoms with E-state index in [4.69, 9.17) is 9.72 Å². The van der Waals surface area contributed by atoms with Gasteiger partial charge in [-0.25, -0.2) is 4.39 Å². The molecule has 0 saturated heterocycles. The van der Waals surface area contributed by atoms with Gasteiger partial charge in [0, 0.05) is 30.4 Å². The summed E-state index contributed by atoms with van der Waals surface area (Å²) < 4.78 is 23.7. The highest BCUT2D eigenvalue weighted by molar-refractivity contribution is 5.95. The first kappa shape index (κ1) is 27.3. The van der Waals surface area contributed by atoms with Crippen molar-refractivity contribution in [2.75, 3.05) is 14.2 Å². The molecule has 1 unspecified atom stereocenters. The van der Waals surface area contributed by atoms with Gasteiger partial charge in [0.2, 0.25) is 0 Å². The molecule has 0 saturated carbocycles. The number of benzene rings is 1. The number of pyridine rings is 1. The van der Waals surface area contributed by atoms with E-state index in [-0.39, 0.29) is 30.5 Å². The Bertz CT molecular complexity index is 1030. The Balaban J connectivity index is 2.65. The molecule has 0 radical (unpaired) electrons. The first-order chi connectivity index (χ1) is 16.1. The molecule has 0 aliphatic carbocycles. The summed E-state index contributed by atoms with van der Waals surface area (Å²) in [6, 6.07) is 6.24. The van der Waals surface area contributed by atoms with Crippen LogP contribution in [0.25, 0.3) is 17.2 Å². The summed E-state index contributed by atoms with van der Waals surface area (Å²) in [7, 11) is 2.82. The maximum atomic E-state index is 13.7. The Morgan fingerprint density at radius 2 is 1.68 bits per heavy atom. The van der Waals surface area contributed by atoms with Gasteiger partial charge in [-0.1, -0.05) is 52.0 Å². The van der Waals surface area contributed by atoms with Crippen LogP contribution in [0.1, 0.15) is 74.9 Å². The van der Waals surface area contributed by atoms with E-state index in [2.05, 4.69) is 18.6 Å². The number of ether oxygens (including phenoxy) is 2. The fraction of sp³-hybridized carbons (Fsp3) is 0.444. The third-order valence-electron chi connectivity index (χ3n) is 5.40. The maximum Gasteiger partial charge on any atom is 0.313 e. The van der Waals surface area contributed by atoms with E-state index in [1.165, 1.54) is 25.3 Å². The average Bonchev–Trinajstić information content (AvgIpc) is 2.77. The lowest BCUT2D eigenvalue weighted by Gasteiger charge is -2.23. The molecule has 0 spiro atoms. The third-order valence-corrected chi connectivity index (χ3v) is 5.40. The van der Waals surface area contributed by atoms with Gasteiger partial charge in [-0.05, 0) is 35.1 Å². The number of carbonyl (C=O) groups excluding carboxylic acids is 2. The third kappa shape index (κ3) is 7.05. The van der Waals surface area contributed by atoms with Crippen molar-refractivity contribution in [2.24, 2.45) is 0 Å². The number of halogens is 1. The number of aromatic nitrogens is 1. The van der Waals surface area contributed by atoms with Crippen LogP contribution in [-0.4, -0.2) is 42.2 Å². The molecule has 1 aromatic heterocycles. The predicted octanol–water partition coefficient (Wildman–Crippen LogP) is 5.18. The van der Waals surface area contributed by atoms with Gasteiger partial charge in [-0.2, -0.15) is 0 Å². The second-order valence-electron chi connectivity index (χ2n) is 8.82. The topological polar surface area (TPSA) is 85.7 Å². The summed E-state index contributed by atoms with van der Waals surface area (Å²) >= 11 is 0. The molecule has 0 fully saturated rings. The molecule has 2 aromatic rings. The fourth-order valence-corrected chi connectivity index (χ4v) is 3.81. The van der Waals surface area contributed by atoms with Gasteiger partial charge in [-0.3, -0.25) is 14.6 Å². The van der Waals surface area contributed by atoms with Crippen LogP contribution < -0.4 is 0 Å². The predicted molar refractivity (Wildman–Crippen MR) is 130 cm³/mol. The lowest BCUT2D eigenvalue weighted by Crippen LogP contribution is -2.15. The first-order valence-electron chi connectivity index (χ1n) is 11.3. The quantitative estimate of drug-likeness (QED) is 0.359. The molecule has 7 heteroatoms. The normalized spacial score (nSPS) is 12.5. The number of aliphatic hydroxyl groups is 1. The number of aliphatic hydroxyl groups excluding tert-OH is 1. The van der Waals surface area contributed by atoms with Crippen LogP contribution >= 0.6 is 0 Å². The number of carbonyl (C=O) groups is 2. The van der Waals surface area contributed by atoms with Crippen LogP contribution in [0.15, 0.2) is 30.3 Å². The van der Waals surface area contributed by atoms with E-state index < -0.39 is 17.9 Å². The molecule has 1 aromatic carbocycles. The van der Waals surface area contributed by atoms with Crippen LogP contribution in [0.5, 0.6) is 0 Å². The summed E-state index contributed by atoms with van der Waals surface area (Å²) in [4.78, 5) is 28.3. The van der Waals surface area contributed by atoms with Gasteiger partial charge in [0.1, 0.15) is 18.0 Å². The standard InChI is InChI=1S/C27H34FNO5/c1-16(2)26-22(12-11-20(30)13-21(31)14-24(32)34-6)25(18-7-9-19(28)10-8-18)23(15-33-5)27(29-26)17(3)4/h7-12,16-17,20,30H,13-15H2,1-6H3/b12-11+. The summed E-state index contributed by atoms with van der Waals surface area (Å²) in [6.07, 6.45) is 1.59. The minimum atomic E-state index is -1.09. The van der Waals surface area contributed by atoms with E-state index in [9.17, 15) is 19.1 Å². The number of rotatable bonds is 11. The lowest BCUT2D eigenvalue weighted by molar-refractivity contribution is -0.143. The average molecular weight is 472 g/mol. The van der Waals surface area contributed by atoms with Crippen molar-refractivity contribution in [3.63, 3.8) is 0 Å². The van der Waals surface area contributed by atoms with Crippen molar-refractivity contribution in [1.29, 1.82) is 0 Å². The van der Waals surface area contributed by atoms with Crippen molar-refractivity contribution in [2.45, 2.75) is 65.1 Å². The molecule has 2 rings (SSSR count). The molecule has 6 nitrogen and oxygen atoms in total. The zero-order valence-electron chi connectivity index (χ0n) is 20.7. The number of hydrogen-bond acceptors (Lipinski definition) is 6. The van der Waals surface area contributed by atoms with Gasteiger partial charge in [0.25, 0.3) is 0 Å². The van der Waals surface area contributed by atoms with Crippen molar-refractivity contribution in [3.8, 4) is 11.1 Å². The van der Waals surface area contributed by atoms with Crippen molar-refractivity contribution in [1.82, 2.24) is 4.98 Å². The Morgan fingerprint density at radius 3 is 2.21 bits per heavy atom. The lowest BCUT2D eigenvalue weighted by atomic mass is 9.87. The molecular formula is C27H34FNO5. The molecule has 34 heavy (non-hydrogen) atoms. The zero-order chi connectivity index (χ0) is 25.4. The van der Waals surface area contributed by atoms with E-state index in [1.807, 2.05) is 13.8 Å². The summed E-state index contributed by atoms with van der Waals surface area (Å²) in [5.74, 6) is -1.21. The second-order valence-corrected chi connectivity index (χ2v) is 8.82. The number of Topliss-reactive ketones (excluding diaryl/α,β-unsaturated/α-hetero) is 1. The number of hydrogen-bond donors (Lipinski definition) is 1. The summed E-state index contributed by atoms with van der Waals surface area (Å²) in [5, 5.41) is 10.5. The van der Waals surface area contributed by atoms with Crippen LogP contribution in [0.3, 0.4) is 0 Å². The molecule has 0 aliphatic heterocycles. The van der Waals surface area contributed by atoms with Crippen LogP contribution in [0.2, 0.25) is 0 Å². The van der Waals surface area contributed by atoms with E-state index in [0.29, 0.717) is 6.61 Å². The van der Waals surface area contributed by atoms with Gasteiger partial charge in [-0.15, -0.1) is 0 Å². The maximum absolute atomic E-state index is 13.7.